The average molecular weight is 405 g/mol. The van der Waals surface area contributed by atoms with Gasteiger partial charge in [-0.05, 0) is 24.3 Å². The molecule has 9 nitrogen and oxygen atoms in total. The summed E-state index contributed by atoms with van der Waals surface area (Å²) >= 11 is 0. The molecule has 1 amide bonds. The third-order valence-corrected chi connectivity index (χ3v) is 4.81. The van der Waals surface area contributed by atoms with E-state index in [2.05, 4.69) is 10.2 Å². The van der Waals surface area contributed by atoms with Crippen LogP contribution in [0.25, 0.3) is 0 Å². The van der Waals surface area contributed by atoms with Gasteiger partial charge in [0.1, 0.15) is 11.3 Å². The summed E-state index contributed by atoms with van der Waals surface area (Å²) in [7, 11) is 0. The van der Waals surface area contributed by atoms with Crippen molar-refractivity contribution in [2.45, 2.75) is 0 Å². The van der Waals surface area contributed by atoms with E-state index in [4.69, 9.17) is 4.74 Å². The lowest BCUT2D eigenvalue weighted by atomic mass is 10.1. The largest absolute Gasteiger partial charge is 0.438 e. The van der Waals surface area contributed by atoms with E-state index in [-0.39, 0.29) is 17.2 Å². The van der Waals surface area contributed by atoms with Gasteiger partial charge in [0.2, 0.25) is 5.88 Å². The van der Waals surface area contributed by atoms with Gasteiger partial charge >= 0.3 is 0 Å². The summed E-state index contributed by atoms with van der Waals surface area (Å²) in [6.07, 6.45) is 0. The Balaban J connectivity index is 1.38. The maximum atomic E-state index is 12.7. The number of nitro benzene ring substituents is 1. The number of carbonyl (C=O) groups is 1. The highest BCUT2D eigenvalue weighted by Crippen LogP contribution is 2.23. The maximum absolute atomic E-state index is 12.7. The number of anilines is 1. The van der Waals surface area contributed by atoms with Crippen LogP contribution in [0.3, 0.4) is 0 Å². The van der Waals surface area contributed by atoms with Crippen LogP contribution in [-0.2, 0) is 0 Å². The van der Waals surface area contributed by atoms with Crippen LogP contribution in [0.5, 0.6) is 11.6 Å². The van der Waals surface area contributed by atoms with Gasteiger partial charge in [-0.25, -0.2) is 0 Å². The van der Waals surface area contributed by atoms with Gasteiger partial charge < -0.3 is 14.5 Å². The van der Waals surface area contributed by atoms with E-state index >= 15 is 0 Å². The first-order valence-corrected chi connectivity index (χ1v) is 9.46. The number of rotatable bonds is 5. The van der Waals surface area contributed by atoms with Crippen LogP contribution in [0.1, 0.15) is 10.4 Å². The lowest BCUT2D eigenvalue weighted by Gasteiger charge is -2.35. The first-order valence-electron chi connectivity index (χ1n) is 9.46. The molecule has 1 fully saturated rings. The molecule has 1 aliphatic rings. The zero-order valence-corrected chi connectivity index (χ0v) is 16.0. The van der Waals surface area contributed by atoms with Crippen molar-refractivity contribution in [1.82, 2.24) is 15.1 Å². The first kappa shape index (κ1) is 19.3. The van der Waals surface area contributed by atoms with Gasteiger partial charge in [-0.3, -0.25) is 14.9 Å². The van der Waals surface area contributed by atoms with E-state index in [1.54, 1.807) is 23.1 Å². The first-order chi connectivity index (χ1) is 14.6. The highest BCUT2D eigenvalue weighted by Gasteiger charge is 2.27. The summed E-state index contributed by atoms with van der Waals surface area (Å²) in [6.45, 7) is 1.99. The van der Waals surface area contributed by atoms with Gasteiger partial charge in [-0.1, -0.05) is 30.3 Å². The van der Waals surface area contributed by atoms with Crippen molar-refractivity contribution in [3.8, 4) is 11.6 Å². The molecule has 0 spiro atoms. The van der Waals surface area contributed by atoms with E-state index in [1.165, 1.54) is 12.1 Å². The number of nitro groups is 1. The number of carbonyl (C=O) groups excluding carboxylic acids is 1. The summed E-state index contributed by atoms with van der Waals surface area (Å²) in [4.78, 5) is 27.0. The standard InChI is InChI=1S/C21H19N5O4/c27-21(17-8-4-5-9-18(17)26(28)29)25-14-12-24(13-15-25)19-10-11-20(23-22-19)30-16-6-2-1-3-7-16/h1-11H,12-15H2. The van der Waals surface area contributed by atoms with Crippen LogP contribution < -0.4 is 9.64 Å². The summed E-state index contributed by atoms with van der Waals surface area (Å²) < 4.78 is 5.65. The molecule has 0 bridgehead atoms. The normalized spacial score (nSPS) is 13.7. The van der Waals surface area contributed by atoms with Gasteiger partial charge in [0, 0.05) is 38.3 Å². The summed E-state index contributed by atoms with van der Waals surface area (Å²) in [5.74, 6) is 1.43. The quantitative estimate of drug-likeness (QED) is 0.475. The fourth-order valence-corrected chi connectivity index (χ4v) is 3.27. The van der Waals surface area contributed by atoms with E-state index in [0.29, 0.717) is 43.6 Å². The molecule has 1 aromatic heterocycles. The van der Waals surface area contributed by atoms with E-state index in [0.717, 1.165) is 0 Å². The summed E-state index contributed by atoms with van der Waals surface area (Å²) in [5.41, 5.74) is -0.0667. The second kappa shape index (κ2) is 8.56. The molecular weight excluding hydrogens is 386 g/mol. The molecule has 30 heavy (non-hydrogen) atoms. The zero-order valence-electron chi connectivity index (χ0n) is 16.0. The Morgan fingerprint density at radius 3 is 2.27 bits per heavy atom. The molecule has 0 aliphatic carbocycles. The minimum atomic E-state index is -0.530. The predicted molar refractivity (Wildman–Crippen MR) is 110 cm³/mol. The van der Waals surface area contributed by atoms with Crippen molar-refractivity contribution in [3.63, 3.8) is 0 Å². The molecule has 0 N–H and O–H groups in total. The lowest BCUT2D eigenvalue weighted by Crippen LogP contribution is -2.49. The van der Waals surface area contributed by atoms with Crippen LogP contribution in [0.4, 0.5) is 11.5 Å². The van der Waals surface area contributed by atoms with Crippen LogP contribution >= 0.6 is 0 Å². The Labute approximate surface area is 172 Å². The van der Waals surface area contributed by atoms with Gasteiger partial charge in [-0.2, -0.15) is 0 Å². The van der Waals surface area contributed by atoms with Gasteiger partial charge in [0.25, 0.3) is 11.6 Å². The second-order valence-electron chi connectivity index (χ2n) is 6.70. The van der Waals surface area contributed by atoms with Crippen LogP contribution in [0.15, 0.2) is 66.7 Å². The molecule has 152 valence electrons. The Morgan fingerprint density at radius 1 is 0.900 bits per heavy atom. The van der Waals surface area contributed by atoms with Crippen LogP contribution in [0.2, 0.25) is 0 Å². The molecule has 0 unspecified atom stereocenters. The molecule has 1 aliphatic heterocycles. The minimum Gasteiger partial charge on any atom is -0.438 e. The smallest absolute Gasteiger partial charge is 0.282 e. The van der Waals surface area contributed by atoms with Crippen molar-refractivity contribution in [1.29, 1.82) is 0 Å². The molecule has 1 saturated heterocycles. The monoisotopic (exact) mass is 405 g/mol. The number of ether oxygens (including phenoxy) is 1. The third-order valence-electron chi connectivity index (χ3n) is 4.81. The Morgan fingerprint density at radius 2 is 1.60 bits per heavy atom. The van der Waals surface area contributed by atoms with Crippen LogP contribution in [-0.4, -0.2) is 52.1 Å². The minimum absolute atomic E-state index is 0.109. The van der Waals surface area contributed by atoms with Gasteiger partial charge in [0.05, 0.1) is 4.92 Å². The summed E-state index contributed by atoms with van der Waals surface area (Å²) in [5, 5.41) is 19.5. The number of nitrogens with zero attached hydrogens (tertiary/aromatic N) is 5. The predicted octanol–water partition coefficient (Wildman–Crippen LogP) is 3.14. The topological polar surface area (TPSA) is 102 Å². The molecular formula is C21H19N5O4. The van der Waals surface area contributed by atoms with E-state index < -0.39 is 4.92 Å². The number of para-hydroxylation sites is 2. The third kappa shape index (κ3) is 4.19. The van der Waals surface area contributed by atoms with Crippen molar-refractivity contribution in [2.75, 3.05) is 31.1 Å². The fraction of sp³-hybridized carbons (Fsp3) is 0.190. The van der Waals surface area contributed by atoms with Crippen molar-refractivity contribution < 1.29 is 14.5 Å². The summed E-state index contributed by atoms with van der Waals surface area (Å²) in [6, 6.07) is 18.9. The maximum Gasteiger partial charge on any atom is 0.282 e. The van der Waals surface area contributed by atoms with Gasteiger partial charge in [0.15, 0.2) is 5.82 Å². The molecule has 0 radical (unpaired) electrons. The molecule has 0 saturated carbocycles. The lowest BCUT2D eigenvalue weighted by molar-refractivity contribution is -0.385. The van der Waals surface area contributed by atoms with Crippen molar-refractivity contribution in [3.05, 3.63) is 82.4 Å². The zero-order chi connectivity index (χ0) is 20.9. The number of hydrogen-bond acceptors (Lipinski definition) is 7. The molecule has 2 aromatic carbocycles. The number of piperazine rings is 1. The fourth-order valence-electron chi connectivity index (χ4n) is 3.27. The molecule has 0 atom stereocenters. The average Bonchev–Trinajstić information content (AvgIpc) is 2.80. The Kier molecular flexibility index (Phi) is 5.51. The number of amides is 1. The molecule has 2 heterocycles. The van der Waals surface area contributed by atoms with E-state index in [1.807, 2.05) is 41.3 Å². The second-order valence-corrected chi connectivity index (χ2v) is 6.70. The van der Waals surface area contributed by atoms with E-state index in [9.17, 15) is 14.9 Å². The highest BCUT2D eigenvalue weighted by atomic mass is 16.6. The molecule has 3 aromatic rings. The molecule has 9 heteroatoms. The number of hydrogen-bond donors (Lipinski definition) is 0. The number of benzene rings is 2. The van der Waals surface area contributed by atoms with Crippen LogP contribution in [0, 0.1) is 10.1 Å². The van der Waals surface area contributed by atoms with Crippen molar-refractivity contribution in [2.24, 2.45) is 0 Å². The SMILES string of the molecule is O=C(c1ccccc1[N+](=O)[O-])N1CCN(c2ccc(Oc3ccccc3)nn2)CC1. The Bertz CT molecular complexity index is 1030. The number of aromatic nitrogens is 2. The van der Waals surface area contributed by atoms with Gasteiger partial charge in [-0.15, -0.1) is 10.2 Å². The Hall–Kier alpha value is -4.01. The highest BCUT2D eigenvalue weighted by molar-refractivity contribution is 5.98. The molecule has 4 rings (SSSR count). The van der Waals surface area contributed by atoms with Crippen molar-refractivity contribution >= 4 is 17.4 Å².